The van der Waals surface area contributed by atoms with Crippen LogP contribution in [0.1, 0.15) is 0 Å². The number of urea groups is 1. The summed E-state index contributed by atoms with van der Waals surface area (Å²) in [5.41, 5.74) is 0.927. The molecule has 1 N–H and O–H groups in total. The summed E-state index contributed by atoms with van der Waals surface area (Å²) in [6, 6.07) is 11.4. The van der Waals surface area contributed by atoms with Crippen LogP contribution in [-0.4, -0.2) is 57.4 Å². The number of anilines is 2. The lowest BCUT2D eigenvalue weighted by atomic mass is 10.2. The number of benzene rings is 2. The van der Waals surface area contributed by atoms with Crippen LogP contribution in [0.4, 0.5) is 20.6 Å². The maximum atomic E-state index is 14.4. The molecule has 1 aliphatic heterocycles. The molecule has 0 radical (unpaired) electrons. The maximum Gasteiger partial charge on any atom is 0.321 e. The molecule has 1 heterocycles. The topological polar surface area (TPSA) is 54.0 Å². The first-order valence-corrected chi connectivity index (χ1v) is 9.43. The number of morpholine rings is 1. The Bertz CT molecular complexity index is 798. The standard InChI is InChI=1S/C20H23ClFN3O3/c1-24(8-13-28-17-5-2-15(21)3-6-17)20(26)23-16-4-7-19(18(22)14-16)25-9-11-27-12-10-25/h2-7,14H,8-13H2,1H3,(H,23,26). The van der Waals surface area contributed by atoms with E-state index < -0.39 is 0 Å². The van der Waals surface area contributed by atoms with E-state index in [1.807, 2.05) is 4.90 Å². The van der Waals surface area contributed by atoms with Gasteiger partial charge in [0, 0.05) is 30.8 Å². The number of carbonyl (C=O) groups excluding carboxylic acids is 1. The van der Waals surface area contributed by atoms with E-state index in [9.17, 15) is 9.18 Å². The van der Waals surface area contributed by atoms with Gasteiger partial charge in [0.05, 0.1) is 25.4 Å². The summed E-state index contributed by atoms with van der Waals surface area (Å²) in [4.78, 5) is 15.7. The number of likely N-dealkylation sites (N-methyl/N-ethyl adjacent to an activating group) is 1. The summed E-state index contributed by atoms with van der Waals surface area (Å²) in [5, 5.41) is 3.33. The molecule has 2 amide bonds. The highest BCUT2D eigenvalue weighted by atomic mass is 35.5. The van der Waals surface area contributed by atoms with E-state index >= 15 is 0 Å². The molecule has 2 aromatic rings. The third-order valence-corrected chi connectivity index (χ3v) is 4.66. The van der Waals surface area contributed by atoms with Crippen LogP contribution in [0.2, 0.25) is 5.02 Å². The Morgan fingerprint density at radius 3 is 2.64 bits per heavy atom. The van der Waals surface area contributed by atoms with Crippen molar-refractivity contribution in [2.75, 3.05) is 56.7 Å². The third-order valence-electron chi connectivity index (χ3n) is 4.41. The molecule has 150 valence electrons. The fourth-order valence-electron chi connectivity index (χ4n) is 2.80. The van der Waals surface area contributed by atoms with Crippen molar-refractivity contribution in [3.8, 4) is 5.75 Å². The summed E-state index contributed by atoms with van der Waals surface area (Å²) in [7, 11) is 1.65. The summed E-state index contributed by atoms with van der Waals surface area (Å²) in [5.74, 6) is 0.312. The maximum absolute atomic E-state index is 14.4. The first kappa shape index (κ1) is 20.2. The van der Waals surface area contributed by atoms with Gasteiger partial charge in [-0.2, -0.15) is 0 Å². The van der Waals surface area contributed by atoms with Crippen molar-refractivity contribution in [3.05, 3.63) is 53.3 Å². The molecule has 0 unspecified atom stereocenters. The lowest BCUT2D eigenvalue weighted by molar-refractivity contribution is 0.122. The number of carbonyl (C=O) groups is 1. The largest absolute Gasteiger partial charge is 0.492 e. The van der Waals surface area contributed by atoms with Crippen LogP contribution < -0.4 is 15.0 Å². The quantitative estimate of drug-likeness (QED) is 0.790. The highest BCUT2D eigenvalue weighted by Crippen LogP contribution is 2.24. The van der Waals surface area contributed by atoms with Crippen LogP contribution in [0.3, 0.4) is 0 Å². The highest BCUT2D eigenvalue weighted by molar-refractivity contribution is 6.30. The molecule has 28 heavy (non-hydrogen) atoms. The molecule has 8 heteroatoms. The Morgan fingerprint density at radius 1 is 1.25 bits per heavy atom. The number of halogens is 2. The van der Waals surface area contributed by atoms with Gasteiger partial charge in [-0.25, -0.2) is 9.18 Å². The van der Waals surface area contributed by atoms with Crippen LogP contribution >= 0.6 is 11.6 Å². The first-order chi connectivity index (χ1) is 13.5. The van der Waals surface area contributed by atoms with Gasteiger partial charge in [0.15, 0.2) is 0 Å². The van der Waals surface area contributed by atoms with Crippen molar-refractivity contribution in [2.24, 2.45) is 0 Å². The minimum Gasteiger partial charge on any atom is -0.492 e. The van der Waals surface area contributed by atoms with E-state index in [0.717, 1.165) is 0 Å². The van der Waals surface area contributed by atoms with Crippen LogP contribution in [-0.2, 0) is 4.74 Å². The zero-order valence-corrected chi connectivity index (χ0v) is 16.4. The molecule has 0 aliphatic carbocycles. The van der Waals surface area contributed by atoms with Crippen molar-refractivity contribution in [1.82, 2.24) is 4.90 Å². The second kappa shape index (κ2) is 9.61. The number of ether oxygens (including phenoxy) is 2. The molecular weight excluding hydrogens is 385 g/mol. The number of hydrogen-bond donors (Lipinski definition) is 1. The molecule has 0 bridgehead atoms. The van der Waals surface area contributed by atoms with Crippen LogP contribution in [0, 0.1) is 5.82 Å². The second-order valence-corrected chi connectivity index (χ2v) is 6.86. The Labute approximate surface area is 168 Å². The number of nitrogens with zero attached hydrogens (tertiary/aromatic N) is 2. The fourth-order valence-corrected chi connectivity index (χ4v) is 2.92. The van der Waals surface area contributed by atoms with Gasteiger partial charge in [-0.3, -0.25) is 0 Å². The van der Waals surface area contributed by atoms with Gasteiger partial charge < -0.3 is 24.6 Å². The fraction of sp³-hybridized carbons (Fsp3) is 0.350. The summed E-state index contributed by atoms with van der Waals surface area (Å²) in [6.07, 6.45) is 0. The van der Waals surface area contributed by atoms with Gasteiger partial charge in [0.25, 0.3) is 0 Å². The van der Waals surface area contributed by atoms with E-state index in [1.54, 1.807) is 43.4 Å². The Balaban J connectivity index is 1.49. The number of amides is 2. The average molecular weight is 408 g/mol. The zero-order valence-electron chi connectivity index (χ0n) is 15.7. The van der Waals surface area contributed by atoms with Crippen molar-refractivity contribution >= 4 is 29.0 Å². The molecule has 0 spiro atoms. The highest BCUT2D eigenvalue weighted by Gasteiger charge is 2.16. The normalized spacial score (nSPS) is 13.9. The van der Waals surface area contributed by atoms with Crippen LogP contribution in [0.15, 0.2) is 42.5 Å². The van der Waals surface area contributed by atoms with Crippen molar-refractivity contribution < 1.29 is 18.7 Å². The van der Waals surface area contributed by atoms with Gasteiger partial charge in [0.1, 0.15) is 18.2 Å². The lowest BCUT2D eigenvalue weighted by Crippen LogP contribution is -2.37. The molecular formula is C20H23ClFN3O3. The van der Waals surface area contributed by atoms with Gasteiger partial charge in [-0.1, -0.05) is 11.6 Å². The minimum absolute atomic E-state index is 0.329. The predicted octanol–water partition coefficient (Wildman–Crippen LogP) is 3.86. The van der Waals surface area contributed by atoms with Crippen molar-refractivity contribution in [2.45, 2.75) is 0 Å². The molecule has 1 fully saturated rings. The second-order valence-electron chi connectivity index (χ2n) is 6.42. The van der Waals surface area contributed by atoms with E-state index in [-0.39, 0.29) is 11.8 Å². The summed E-state index contributed by atoms with van der Waals surface area (Å²) >= 11 is 5.83. The zero-order chi connectivity index (χ0) is 19.9. The van der Waals surface area contributed by atoms with Crippen molar-refractivity contribution in [1.29, 1.82) is 0 Å². The van der Waals surface area contributed by atoms with E-state index in [0.29, 0.717) is 61.6 Å². The summed E-state index contributed by atoms with van der Waals surface area (Å²) in [6.45, 7) is 3.18. The molecule has 6 nitrogen and oxygen atoms in total. The minimum atomic E-state index is -0.367. The van der Waals surface area contributed by atoms with Crippen molar-refractivity contribution in [3.63, 3.8) is 0 Å². The first-order valence-electron chi connectivity index (χ1n) is 9.05. The van der Waals surface area contributed by atoms with Gasteiger partial charge >= 0.3 is 6.03 Å². The molecule has 0 atom stereocenters. The molecule has 3 rings (SSSR count). The Hall–Kier alpha value is -2.51. The predicted molar refractivity (Wildman–Crippen MR) is 108 cm³/mol. The average Bonchev–Trinajstić information content (AvgIpc) is 2.70. The molecule has 1 saturated heterocycles. The monoisotopic (exact) mass is 407 g/mol. The number of hydrogen-bond acceptors (Lipinski definition) is 4. The molecule has 0 aromatic heterocycles. The third kappa shape index (κ3) is 5.50. The van der Waals surface area contributed by atoms with Crippen LogP contribution in [0.25, 0.3) is 0 Å². The smallest absolute Gasteiger partial charge is 0.321 e. The van der Waals surface area contributed by atoms with E-state index in [2.05, 4.69) is 5.32 Å². The Kier molecular flexibility index (Phi) is 6.95. The molecule has 0 saturated carbocycles. The number of rotatable bonds is 6. The van der Waals surface area contributed by atoms with Gasteiger partial charge in [-0.05, 0) is 42.5 Å². The Morgan fingerprint density at radius 2 is 1.96 bits per heavy atom. The van der Waals surface area contributed by atoms with E-state index in [1.165, 1.54) is 11.0 Å². The van der Waals surface area contributed by atoms with E-state index in [4.69, 9.17) is 21.1 Å². The summed E-state index contributed by atoms with van der Waals surface area (Å²) < 4.78 is 25.3. The van der Waals surface area contributed by atoms with Crippen LogP contribution in [0.5, 0.6) is 5.75 Å². The van der Waals surface area contributed by atoms with Gasteiger partial charge in [0.2, 0.25) is 0 Å². The molecule has 1 aliphatic rings. The van der Waals surface area contributed by atoms with Gasteiger partial charge in [-0.15, -0.1) is 0 Å². The number of nitrogens with one attached hydrogen (secondary N) is 1. The lowest BCUT2D eigenvalue weighted by Gasteiger charge is -2.29. The molecule has 2 aromatic carbocycles. The SMILES string of the molecule is CN(CCOc1ccc(Cl)cc1)C(=O)Nc1ccc(N2CCOCC2)c(F)c1.